The maximum atomic E-state index is 12.1. The monoisotopic (exact) mass is 333 g/mol. The molecule has 0 radical (unpaired) electrons. The fourth-order valence-corrected chi connectivity index (χ4v) is 2.07. The number of aliphatic hydroxyl groups is 1. The minimum atomic E-state index is -1.13. The van der Waals surface area contributed by atoms with Gasteiger partial charge in [0.15, 0.2) is 6.04 Å². The highest BCUT2D eigenvalue weighted by Gasteiger charge is 2.22. The van der Waals surface area contributed by atoms with Gasteiger partial charge in [0, 0.05) is 10.6 Å². The molecule has 1 amide bonds. The van der Waals surface area contributed by atoms with Crippen molar-refractivity contribution in [1.82, 2.24) is 5.32 Å². The molecule has 2 aromatic rings. The first-order valence-electron chi connectivity index (χ1n) is 6.98. The van der Waals surface area contributed by atoms with Gasteiger partial charge in [-0.15, -0.1) is 0 Å². The molecule has 0 heterocycles. The molecule has 0 unspecified atom stereocenters. The van der Waals surface area contributed by atoms with E-state index in [1.165, 1.54) is 6.07 Å². The number of hydrogen-bond donors (Lipinski definition) is 2. The summed E-state index contributed by atoms with van der Waals surface area (Å²) in [5.74, 6) is -1.21. The van der Waals surface area contributed by atoms with E-state index >= 15 is 0 Å². The molecular weight excluding hydrogens is 318 g/mol. The molecule has 0 bridgehead atoms. The van der Waals surface area contributed by atoms with Gasteiger partial charge in [-0.25, -0.2) is 4.79 Å². The van der Waals surface area contributed by atoms with Crippen LogP contribution in [0.25, 0.3) is 0 Å². The first-order valence-corrected chi connectivity index (χ1v) is 7.36. The second-order valence-electron chi connectivity index (χ2n) is 4.81. The quantitative estimate of drug-likeness (QED) is 0.794. The van der Waals surface area contributed by atoms with Crippen molar-refractivity contribution in [3.8, 4) is 0 Å². The fourth-order valence-electron chi connectivity index (χ4n) is 1.88. The summed E-state index contributed by atoms with van der Waals surface area (Å²) in [7, 11) is 0. The summed E-state index contributed by atoms with van der Waals surface area (Å²) >= 11 is 5.82. The molecule has 23 heavy (non-hydrogen) atoms. The van der Waals surface area contributed by atoms with Crippen LogP contribution in [0.2, 0.25) is 5.02 Å². The average molecular weight is 334 g/mol. The Bertz CT molecular complexity index is 675. The second-order valence-corrected chi connectivity index (χ2v) is 5.25. The van der Waals surface area contributed by atoms with Crippen LogP contribution in [-0.4, -0.2) is 29.6 Å². The van der Waals surface area contributed by atoms with Crippen molar-refractivity contribution in [3.63, 3.8) is 0 Å². The Hall–Kier alpha value is -2.37. The predicted molar refractivity (Wildman–Crippen MR) is 86.0 cm³/mol. The van der Waals surface area contributed by atoms with Gasteiger partial charge >= 0.3 is 5.97 Å². The first kappa shape index (κ1) is 17.0. The third kappa shape index (κ3) is 5.09. The zero-order valence-corrected chi connectivity index (χ0v) is 13.0. The highest BCUT2D eigenvalue weighted by Crippen LogP contribution is 2.11. The molecule has 0 aliphatic rings. The van der Waals surface area contributed by atoms with Gasteiger partial charge in [0.05, 0.1) is 6.61 Å². The lowest BCUT2D eigenvalue weighted by Gasteiger charge is -2.15. The third-order valence-electron chi connectivity index (χ3n) is 3.08. The lowest BCUT2D eigenvalue weighted by Crippen LogP contribution is -2.44. The number of aliphatic hydroxyl groups excluding tert-OH is 1. The zero-order chi connectivity index (χ0) is 16.7. The van der Waals surface area contributed by atoms with E-state index in [2.05, 4.69) is 5.32 Å². The fraction of sp³-hybridized carbons (Fsp3) is 0.176. The first-order chi connectivity index (χ1) is 11.1. The highest BCUT2D eigenvalue weighted by atomic mass is 35.5. The molecule has 5 nitrogen and oxygen atoms in total. The predicted octanol–water partition coefficient (Wildman–Crippen LogP) is 2.17. The molecule has 0 aromatic heterocycles. The summed E-state index contributed by atoms with van der Waals surface area (Å²) in [4.78, 5) is 24.0. The lowest BCUT2D eigenvalue weighted by molar-refractivity contribution is -0.148. The Morgan fingerprint density at radius 2 is 1.87 bits per heavy atom. The molecule has 0 saturated carbocycles. The van der Waals surface area contributed by atoms with Gasteiger partial charge in [0.25, 0.3) is 5.91 Å². The summed E-state index contributed by atoms with van der Waals surface area (Å²) in [6.07, 6.45) is 0. The molecule has 1 atom stereocenters. The van der Waals surface area contributed by atoms with E-state index in [1.807, 2.05) is 30.3 Å². The van der Waals surface area contributed by atoms with Gasteiger partial charge in [-0.05, 0) is 23.8 Å². The number of hydrogen-bond acceptors (Lipinski definition) is 4. The Kier molecular flexibility index (Phi) is 6.14. The minimum absolute atomic E-state index is 0.0726. The summed E-state index contributed by atoms with van der Waals surface area (Å²) in [5, 5.41) is 12.1. The van der Waals surface area contributed by atoms with Crippen molar-refractivity contribution >= 4 is 23.5 Å². The summed E-state index contributed by atoms with van der Waals surface area (Å²) < 4.78 is 5.10. The van der Waals surface area contributed by atoms with Gasteiger partial charge in [-0.2, -0.15) is 0 Å². The van der Waals surface area contributed by atoms with E-state index in [-0.39, 0.29) is 6.61 Å². The Morgan fingerprint density at radius 3 is 2.52 bits per heavy atom. The van der Waals surface area contributed by atoms with E-state index < -0.39 is 24.5 Å². The molecule has 0 saturated heterocycles. The number of amides is 1. The standard InChI is InChI=1S/C17H16ClNO4/c18-14-8-4-7-13(9-14)16(21)19-15(10-20)17(22)23-11-12-5-2-1-3-6-12/h1-9,15,20H,10-11H2,(H,19,21)/t15-/m0/s1. The van der Waals surface area contributed by atoms with Crippen molar-refractivity contribution < 1.29 is 19.4 Å². The van der Waals surface area contributed by atoms with Crippen LogP contribution in [0.15, 0.2) is 54.6 Å². The maximum absolute atomic E-state index is 12.1. The van der Waals surface area contributed by atoms with E-state index in [4.69, 9.17) is 16.3 Å². The van der Waals surface area contributed by atoms with E-state index in [9.17, 15) is 14.7 Å². The smallest absolute Gasteiger partial charge is 0.331 e. The topological polar surface area (TPSA) is 75.6 Å². The number of ether oxygens (including phenoxy) is 1. The zero-order valence-electron chi connectivity index (χ0n) is 12.2. The largest absolute Gasteiger partial charge is 0.459 e. The molecule has 2 N–H and O–H groups in total. The maximum Gasteiger partial charge on any atom is 0.331 e. The van der Waals surface area contributed by atoms with E-state index in [0.717, 1.165) is 5.56 Å². The Balaban J connectivity index is 1.93. The number of nitrogens with one attached hydrogen (secondary N) is 1. The lowest BCUT2D eigenvalue weighted by atomic mass is 10.2. The number of rotatable bonds is 6. The Morgan fingerprint density at radius 1 is 1.13 bits per heavy atom. The average Bonchev–Trinajstić information content (AvgIpc) is 2.58. The number of halogens is 1. The number of carbonyl (C=O) groups excluding carboxylic acids is 2. The van der Waals surface area contributed by atoms with Crippen molar-refractivity contribution in [2.24, 2.45) is 0 Å². The van der Waals surface area contributed by atoms with Crippen LogP contribution in [0.4, 0.5) is 0 Å². The van der Waals surface area contributed by atoms with Crippen LogP contribution in [0.5, 0.6) is 0 Å². The van der Waals surface area contributed by atoms with Crippen molar-refractivity contribution in [1.29, 1.82) is 0 Å². The molecule has 0 fully saturated rings. The van der Waals surface area contributed by atoms with Crippen LogP contribution in [-0.2, 0) is 16.1 Å². The van der Waals surface area contributed by atoms with Crippen LogP contribution in [0, 0.1) is 0 Å². The molecule has 120 valence electrons. The van der Waals surface area contributed by atoms with E-state index in [1.54, 1.807) is 18.2 Å². The normalized spacial score (nSPS) is 11.6. The van der Waals surface area contributed by atoms with E-state index in [0.29, 0.717) is 10.6 Å². The van der Waals surface area contributed by atoms with Crippen LogP contribution in [0.1, 0.15) is 15.9 Å². The second kappa shape index (κ2) is 8.31. The van der Waals surface area contributed by atoms with Crippen molar-refractivity contribution in [3.05, 3.63) is 70.7 Å². The molecule has 2 rings (SSSR count). The molecule has 0 aliphatic heterocycles. The molecule has 2 aromatic carbocycles. The molecular formula is C17H16ClNO4. The number of carbonyl (C=O) groups is 2. The van der Waals surface area contributed by atoms with Gasteiger partial charge in [-0.3, -0.25) is 4.79 Å². The van der Waals surface area contributed by atoms with Gasteiger partial charge < -0.3 is 15.2 Å². The van der Waals surface area contributed by atoms with Crippen molar-refractivity contribution in [2.75, 3.05) is 6.61 Å². The van der Waals surface area contributed by atoms with Crippen LogP contribution < -0.4 is 5.32 Å². The molecule has 6 heteroatoms. The third-order valence-corrected chi connectivity index (χ3v) is 3.32. The SMILES string of the molecule is O=C(N[C@@H](CO)C(=O)OCc1ccccc1)c1cccc(Cl)c1. The minimum Gasteiger partial charge on any atom is -0.459 e. The molecule has 0 aliphatic carbocycles. The van der Waals surface area contributed by atoms with Crippen molar-refractivity contribution in [2.45, 2.75) is 12.6 Å². The number of esters is 1. The molecule has 0 spiro atoms. The summed E-state index contributed by atoms with van der Waals surface area (Å²) in [5.41, 5.74) is 1.12. The van der Waals surface area contributed by atoms with Gasteiger partial charge in [0.2, 0.25) is 0 Å². The number of benzene rings is 2. The van der Waals surface area contributed by atoms with Gasteiger partial charge in [0.1, 0.15) is 6.61 Å². The summed E-state index contributed by atoms with van der Waals surface area (Å²) in [6.45, 7) is -0.483. The Labute approximate surface area is 138 Å². The van der Waals surface area contributed by atoms with Crippen LogP contribution >= 0.6 is 11.6 Å². The van der Waals surface area contributed by atoms with Crippen LogP contribution in [0.3, 0.4) is 0 Å². The van der Waals surface area contributed by atoms with Gasteiger partial charge in [-0.1, -0.05) is 48.0 Å². The highest BCUT2D eigenvalue weighted by molar-refractivity contribution is 6.30. The summed E-state index contributed by atoms with van der Waals surface area (Å²) in [6, 6.07) is 14.3.